The first-order chi connectivity index (χ1) is 11.2. The average Bonchev–Trinajstić information content (AvgIpc) is 3.06. The number of nitrogens with zero attached hydrogens (tertiary/aromatic N) is 4. The third kappa shape index (κ3) is 4.50. The van der Waals surface area contributed by atoms with Crippen molar-refractivity contribution in [2.75, 3.05) is 26.5 Å². The van der Waals surface area contributed by atoms with Crippen molar-refractivity contribution in [2.24, 2.45) is 0 Å². The Balaban J connectivity index is 2.01. The Morgan fingerprint density at radius 1 is 1.43 bits per heavy atom. The number of aromatic nitrogens is 2. The van der Waals surface area contributed by atoms with Crippen molar-refractivity contribution in [3.05, 3.63) is 36.7 Å². The van der Waals surface area contributed by atoms with Crippen LogP contribution in [0.3, 0.4) is 0 Å². The van der Waals surface area contributed by atoms with E-state index in [0.717, 1.165) is 16.6 Å². The smallest absolute Gasteiger partial charge is 0.232 e. The lowest BCUT2D eigenvalue weighted by Gasteiger charge is -2.15. The Labute approximate surface area is 139 Å². The molecule has 2 aromatic rings. The molecule has 23 heavy (non-hydrogen) atoms. The highest BCUT2D eigenvalue weighted by atomic mass is 32.2. The van der Waals surface area contributed by atoms with Gasteiger partial charge in [0, 0.05) is 31.7 Å². The van der Waals surface area contributed by atoms with Crippen molar-refractivity contribution < 1.29 is 9.53 Å². The van der Waals surface area contributed by atoms with E-state index in [0.29, 0.717) is 13.0 Å². The number of rotatable bonds is 7. The van der Waals surface area contributed by atoms with Crippen LogP contribution in [-0.4, -0.2) is 46.8 Å². The molecular formula is C16H18N4O2S. The van der Waals surface area contributed by atoms with Crippen LogP contribution in [0.5, 0.6) is 5.75 Å². The van der Waals surface area contributed by atoms with E-state index in [1.807, 2.05) is 41.1 Å². The van der Waals surface area contributed by atoms with E-state index in [2.05, 4.69) is 4.98 Å². The first-order valence-corrected chi connectivity index (χ1v) is 8.05. The fourth-order valence-corrected chi connectivity index (χ4v) is 2.83. The molecule has 0 aliphatic carbocycles. The van der Waals surface area contributed by atoms with E-state index < -0.39 is 0 Å². The van der Waals surface area contributed by atoms with Gasteiger partial charge in [0.05, 0.1) is 25.4 Å². The monoisotopic (exact) mass is 330 g/mol. The van der Waals surface area contributed by atoms with Gasteiger partial charge in [0.2, 0.25) is 5.91 Å². The van der Waals surface area contributed by atoms with Crippen LogP contribution in [-0.2, 0) is 4.79 Å². The zero-order valence-electron chi connectivity index (χ0n) is 13.1. The van der Waals surface area contributed by atoms with Crippen LogP contribution in [0.1, 0.15) is 6.42 Å². The molecule has 0 unspecified atom stereocenters. The number of ether oxygens (including phenoxy) is 1. The molecule has 6 nitrogen and oxygen atoms in total. The molecule has 0 aliphatic heterocycles. The van der Waals surface area contributed by atoms with Crippen LogP contribution < -0.4 is 4.74 Å². The molecule has 2 rings (SSSR count). The van der Waals surface area contributed by atoms with Gasteiger partial charge in [-0.15, -0.1) is 0 Å². The predicted molar refractivity (Wildman–Crippen MR) is 88.7 cm³/mol. The van der Waals surface area contributed by atoms with E-state index >= 15 is 0 Å². The quantitative estimate of drug-likeness (QED) is 0.729. The Morgan fingerprint density at radius 3 is 2.83 bits per heavy atom. The van der Waals surface area contributed by atoms with Gasteiger partial charge in [0.1, 0.15) is 5.75 Å². The molecule has 7 heteroatoms. The minimum Gasteiger partial charge on any atom is -0.497 e. The molecular weight excluding hydrogens is 312 g/mol. The number of hydrogen-bond donors (Lipinski definition) is 0. The molecule has 1 aromatic heterocycles. The van der Waals surface area contributed by atoms with Crippen molar-refractivity contribution in [3.63, 3.8) is 0 Å². The predicted octanol–water partition coefficient (Wildman–Crippen LogP) is 2.35. The summed E-state index contributed by atoms with van der Waals surface area (Å²) in [5.74, 6) is 1.06. The van der Waals surface area contributed by atoms with Crippen LogP contribution in [0, 0.1) is 11.3 Å². The first-order valence-electron chi connectivity index (χ1n) is 7.07. The maximum absolute atomic E-state index is 12.0. The van der Waals surface area contributed by atoms with Crippen molar-refractivity contribution >= 4 is 17.7 Å². The number of amides is 1. The van der Waals surface area contributed by atoms with Gasteiger partial charge in [-0.25, -0.2) is 4.98 Å². The second-order valence-corrected chi connectivity index (χ2v) is 5.73. The molecule has 0 fully saturated rings. The molecule has 0 radical (unpaired) electrons. The van der Waals surface area contributed by atoms with Gasteiger partial charge in [-0.05, 0) is 24.3 Å². The second-order valence-electron chi connectivity index (χ2n) is 4.79. The maximum atomic E-state index is 12.0. The molecule has 120 valence electrons. The molecule has 1 heterocycles. The van der Waals surface area contributed by atoms with Crippen LogP contribution >= 0.6 is 11.8 Å². The number of benzene rings is 1. The summed E-state index contributed by atoms with van der Waals surface area (Å²) < 4.78 is 7.07. The highest BCUT2D eigenvalue weighted by Gasteiger charge is 2.12. The summed E-state index contributed by atoms with van der Waals surface area (Å²) in [6, 6.07) is 9.67. The molecule has 0 spiro atoms. The fraction of sp³-hybridized carbons (Fsp3) is 0.312. The fourth-order valence-electron chi connectivity index (χ4n) is 1.91. The first kappa shape index (κ1) is 16.9. The van der Waals surface area contributed by atoms with E-state index in [1.54, 1.807) is 25.3 Å². The van der Waals surface area contributed by atoms with Crippen LogP contribution in [0.15, 0.2) is 41.8 Å². The molecule has 0 saturated heterocycles. The van der Waals surface area contributed by atoms with E-state index in [1.165, 1.54) is 11.8 Å². The molecule has 0 aliphatic rings. The summed E-state index contributed by atoms with van der Waals surface area (Å²) in [4.78, 5) is 17.9. The summed E-state index contributed by atoms with van der Waals surface area (Å²) in [6.45, 7) is 0.447. The number of carbonyl (C=O) groups excluding carboxylic acids is 1. The zero-order chi connectivity index (χ0) is 16.7. The summed E-state index contributed by atoms with van der Waals surface area (Å²) in [5, 5.41) is 9.31. The van der Waals surface area contributed by atoms with Crippen molar-refractivity contribution in [3.8, 4) is 17.5 Å². The van der Waals surface area contributed by atoms with Crippen LogP contribution in [0.25, 0.3) is 5.69 Å². The van der Waals surface area contributed by atoms with Crippen molar-refractivity contribution in [2.45, 2.75) is 11.6 Å². The summed E-state index contributed by atoms with van der Waals surface area (Å²) in [7, 11) is 3.33. The zero-order valence-corrected chi connectivity index (χ0v) is 13.9. The Hall–Kier alpha value is -2.46. The highest BCUT2D eigenvalue weighted by molar-refractivity contribution is 7.99. The van der Waals surface area contributed by atoms with Gasteiger partial charge in [0.25, 0.3) is 0 Å². The van der Waals surface area contributed by atoms with E-state index in [-0.39, 0.29) is 11.7 Å². The van der Waals surface area contributed by atoms with Gasteiger partial charge in [-0.1, -0.05) is 11.8 Å². The van der Waals surface area contributed by atoms with Gasteiger partial charge >= 0.3 is 0 Å². The number of carbonyl (C=O) groups is 1. The van der Waals surface area contributed by atoms with Gasteiger partial charge < -0.3 is 9.64 Å². The number of hydrogen-bond acceptors (Lipinski definition) is 5. The number of thioether (sulfide) groups is 1. The molecule has 0 saturated carbocycles. The SMILES string of the molecule is COc1ccc(-n2ccnc2SCC(=O)N(C)CCC#N)cc1. The molecule has 1 amide bonds. The lowest BCUT2D eigenvalue weighted by Crippen LogP contribution is -2.29. The van der Waals surface area contributed by atoms with Crippen molar-refractivity contribution in [1.82, 2.24) is 14.5 Å². The number of imidazole rings is 1. The molecule has 0 N–H and O–H groups in total. The van der Waals surface area contributed by atoms with Crippen LogP contribution in [0.4, 0.5) is 0 Å². The largest absolute Gasteiger partial charge is 0.497 e. The molecule has 0 atom stereocenters. The highest BCUT2D eigenvalue weighted by Crippen LogP contribution is 2.22. The number of methoxy groups -OCH3 is 1. The van der Waals surface area contributed by atoms with E-state index in [9.17, 15) is 4.79 Å². The van der Waals surface area contributed by atoms with Gasteiger partial charge in [0.15, 0.2) is 5.16 Å². The minimum atomic E-state index is -0.0190. The standard InChI is InChI=1S/C16H18N4O2S/c1-19(10-3-8-17)15(21)12-23-16-18-9-11-20(16)13-4-6-14(22-2)7-5-13/h4-7,9,11H,3,10,12H2,1-2H3. The topological polar surface area (TPSA) is 71.2 Å². The summed E-state index contributed by atoms with van der Waals surface area (Å²) >= 11 is 1.37. The van der Waals surface area contributed by atoms with E-state index in [4.69, 9.17) is 10.00 Å². The van der Waals surface area contributed by atoms with Gasteiger partial charge in [-0.3, -0.25) is 9.36 Å². The Kier molecular flexibility index (Phi) is 6.06. The van der Waals surface area contributed by atoms with Crippen LogP contribution in [0.2, 0.25) is 0 Å². The maximum Gasteiger partial charge on any atom is 0.232 e. The normalized spacial score (nSPS) is 10.1. The molecule has 0 bridgehead atoms. The third-order valence-corrected chi connectivity index (χ3v) is 4.22. The lowest BCUT2D eigenvalue weighted by molar-refractivity contribution is -0.127. The summed E-state index contributed by atoms with van der Waals surface area (Å²) in [6.07, 6.45) is 3.90. The van der Waals surface area contributed by atoms with Gasteiger partial charge in [-0.2, -0.15) is 5.26 Å². The lowest BCUT2D eigenvalue weighted by atomic mass is 10.3. The third-order valence-electron chi connectivity index (χ3n) is 3.27. The molecule has 1 aromatic carbocycles. The second kappa shape index (κ2) is 8.25. The summed E-state index contributed by atoms with van der Waals surface area (Å²) in [5.41, 5.74) is 0.955. The average molecular weight is 330 g/mol. The minimum absolute atomic E-state index is 0.0190. The van der Waals surface area contributed by atoms with Crippen molar-refractivity contribution in [1.29, 1.82) is 5.26 Å². The number of nitriles is 1. The Morgan fingerprint density at radius 2 is 2.17 bits per heavy atom. The Bertz CT molecular complexity index is 691.